The maximum atomic E-state index is 13.7. The highest BCUT2D eigenvalue weighted by molar-refractivity contribution is 7.15. The van der Waals surface area contributed by atoms with Crippen LogP contribution in [0.2, 0.25) is 0 Å². The van der Waals surface area contributed by atoms with Crippen molar-refractivity contribution in [2.45, 2.75) is 52.9 Å². The molecule has 2 N–H and O–H groups in total. The fourth-order valence-electron chi connectivity index (χ4n) is 5.84. The molecule has 0 bridgehead atoms. The third kappa shape index (κ3) is 5.52. The van der Waals surface area contributed by atoms with Gasteiger partial charge in [-0.05, 0) is 86.6 Å². The van der Waals surface area contributed by atoms with E-state index in [-0.39, 0.29) is 18.2 Å². The Labute approximate surface area is 250 Å². The van der Waals surface area contributed by atoms with E-state index in [2.05, 4.69) is 26.5 Å². The van der Waals surface area contributed by atoms with Crippen molar-refractivity contribution in [1.29, 1.82) is 0 Å². The Kier molecular flexibility index (Phi) is 7.76. The molecule has 0 atom stereocenters. The van der Waals surface area contributed by atoms with Crippen molar-refractivity contribution in [3.05, 3.63) is 117 Å². The first-order valence-corrected chi connectivity index (χ1v) is 15.2. The molecule has 7 heteroatoms. The van der Waals surface area contributed by atoms with Gasteiger partial charge in [-0.2, -0.15) is 5.10 Å². The molecule has 0 unspecified atom stereocenters. The lowest BCUT2D eigenvalue weighted by atomic mass is 9.95. The third-order valence-electron chi connectivity index (χ3n) is 7.99. The van der Waals surface area contributed by atoms with Crippen LogP contribution in [0.5, 0.6) is 0 Å². The Balaban J connectivity index is 1.25. The van der Waals surface area contributed by atoms with Crippen LogP contribution in [0.25, 0.3) is 15.8 Å². The van der Waals surface area contributed by atoms with Crippen molar-refractivity contribution in [2.24, 2.45) is 5.10 Å². The second kappa shape index (κ2) is 11.8. The van der Waals surface area contributed by atoms with Crippen LogP contribution >= 0.6 is 11.3 Å². The predicted octanol–water partition coefficient (Wildman–Crippen LogP) is 7.44. The molecule has 1 aliphatic carbocycles. The van der Waals surface area contributed by atoms with E-state index < -0.39 is 0 Å². The normalized spacial score (nSPS) is 12.9. The number of aromatic nitrogens is 1. The van der Waals surface area contributed by atoms with E-state index in [1.54, 1.807) is 17.6 Å². The van der Waals surface area contributed by atoms with Gasteiger partial charge in [0, 0.05) is 27.5 Å². The Morgan fingerprint density at radius 2 is 1.71 bits per heavy atom. The Morgan fingerprint density at radius 1 is 0.952 bits per heavy atom. The summed E-state index contributed by atoms with van der Waals surface area (Å²) < 4.78 is 2.16. The maximum Gasteiger partial charge on any atom is 0.258 e. The molecule has 212 valence electrons. The highest BCUT2D eigenvalue weighted by Crippen LogP contribution is 2.39. The zero-order valence-electron chi connectivity index (χ0n) is 24.2. The van der Waals surface area contributed by atoms with Crippen molar-refractivity contribution in [2.75, 3.05) is 5.32 Å². The summed E-state index contributed by atoms with van der Waals surface area (Å²) in [6, 6.07) is 24.0. The summed E-state index contributed by atoms with van der Waals surface area (Å²) in [5, 5.41) is 10.6. The number of fused-ring (bicyclic) bond motifs is 2. The Hall–Kier alpha value is -4.49. The van der Waals surface area contributed by atoms with Crippen LogP contribution in [0.3, 0.4) is 0 Å². The monoisotopic (exact) mass is 574 g/mol. The molecule has 5 aromatic rings. The number of benzene rings is 3. The number of aryl methyl sites for hydroxylation is 3. The van der Waals surface area contributed by atoms with Crippen molar-refractivity contribution >= 4 is 45.8 Å². The van der Waals surface area contributed by atoms with Gasteiger partial charge in [-0.3, -0.25) is 9.59 Å². The first-order chi connectivity index (χ1) is 20.4. The SMILES string of the molecule is Cc1ccc(NC(=O)c2c(-n3c(C)cc(/C=N\NC(=O)Cc4cccc5ccccc45)c3C)sc3c2CCCC3)cc1. The fourth-order valence-corrected chi connectivity index (χ4v) is 7.33. The Bertz CT molecular complexity index is 1820. The van der Waals surface area contributed by atoms with Crippen LogP contribution in [-0.2, 0) is 24.1 Å². The minimum absolute atomic E-state index is 0.0725. The van der Waals surface area contributed by atoms with E-state index in [9.17, 15) is 9.59 Å². The molecule has 6 nitrogen and oxygen atoms in total. The van der Waals surface area contributed by atoms with E-state index in [1.165, 1.54) is 10.4 Å². The first kappa shape index (κ1) is 27.7. The molecule has 6 rings (SSSR count). The summed E-state index contributed by atoms with van der Waals surface area (Å²) in [5.74, 6) is -0.242. The molecule has 0 aliphatic heterocycles. The number of nitrogens with one attached hydrogen (secondary N) is 2. The van der Waals surface area contributed by atoms with E-state index in [1.807, 2.05) is 87.5 Å². The average Bonchev–Trinajstić information content (AvgIpc) is 3.50. The maximum absolute atomic E-state index is 13.7. The van der Waals surface area contributed by atoms with Crippen molar-refractivity contribution < 1.29 is 9.59 Å². The third-order valence-corrected chi connectivity index (χ3v) is 9.26. The number of anilines is 1. The zero-order chi connectivity index (χ0) is 29.2. The van der Waals surface area contributed by atoms with Gasteiger partial charge in [0.05, 0.1) is 18.2 Å². The van der Waals surface area contributed by atoms with E-state index in [0.717, 1.165) is 80.8 Å². The standard InChI is InChI=1S/C35H34N4O2S/c1-22-15-17-28(18-16-22)37-34(41)33-30-13-6-7-14-31(30)42-35(33)39-23(2)19-27(24(39)3)21-36-38-32(40)20-26-11-8-10-25-9-4-5-12-29(25)26/h4-5,8-12,15-19,21H,6-7,13-14,20H2,1-3H3,(H,37,41)(H,38,40)/b36-21-. The van der Waals surface area contributed by atoms with Crippen LogP contribution in [0.4, 0.5) is 5.69 Å². The van der Waals surface area contributed by atoms with Gasteiger partial charge < -0.3 is 9.88 Å². The second-order valence-electron chi connectivity index (χ2n) is 11.0. The number of carbonyl (C=O) groups excluding carboxylic acids is 2. The minimum atomic E-state index is -0.169. The molecule has 2 aromatic heterocycles. The number of thiophene rings is 1. The van der Waals surface area contributed by atoms with E-state index in [4.69, 9.17) is 0 Å². The van der Waals surface area contributed by atoms with E-state index >= 15 is 0 Å². The van der Waals surface area contributed by atoms with Gasteiger partial charge in [-0.1, -0.05) is 60.2 Å². The summed E-state index contributed by atoms with van der Waals surface area (Å²) in [5.41, 5.74) is 10.4. The van der Waals surface area contributed by atoms with Gasteiger partial charge >= 0.3 is 0 Å². The van der Waals surface area contributed by atoms with Crippen LogP contribution < -0.4 is 10.7 Å². The van der Waals surface area contributed by atoms with Gasteiger partial charge in [0.2, 0.25) is 5.91 Å². The second-order valence-corrected chi connectivity index (χ2v) is 12.1. The van der Waals surface area contributed by atoms with Gasteiger partial charge in [-0.25, -0.2) is 5.43 Å². The van der Waals surface area contributed by atoms with Crippen LogP contribution in [0, 0.1) is 20.8 Å². The molecule has 2 heterocycles. The highest BCUT2D eigenvalue weighted by atomic mass is 32.1. The molecule has 0 saturated carbocycles. The number of hydrazone groups is 1. The van der Waals surface area contributed by atoms with Crippen LogP contribution in [-0.4, -0.2) is 22.6 Å². The molecular weight excluding hydrogens is 540 g/mol. The predicted molar refractivity (Wildman–Crippen MR) is 172 cm³/mol. The average molecular weight is 575 g/mol. The quantitative estimate of drug-likeness (QED) is 0.157. The molecule has 0 spiro atoms. The lowest BCUT2D eigenvalue weighted by Crippen LogP contribution is -2.20. The van der Waals surface area contributed by atoms with Crippen LogP contribution in [0.15, 0.2) is 77.9 Å². The number of hydrogen-bond donors (Lipinski definition) is 2. The van der Waals surface area contributed by atoms with Gasteiger partial charge in [-0.15, -0.1) is 11.3 Å². The summed E-state index contributed by atoms with van der Waals surface area (Å²) in [4.78, 5) is 27.8. The minimum Gasteiger partial charge on any atom is -0.322 e. The van der Waals surface area contributed by atoms with Crippen molar-refractivity contribution in [3.8, 4) is 5.00 Å². The smallest absolute Gasteiger partial charge is 0.258 e. The topological polar surface area (TPSA) is 75.5 Å². The van der Waals surface area contributed by atoms with Crippen molar-refractivity contribution in [1.82, 2.24) is 9.99 Å². The number of carbonyl (C=O) groups is 2. The largest absolute Gasteiger partial charge is 0.322 e. The molecule has 42 heavy (non-hydrogen) atoms. The molecule has 0 saturated heterocycles. The summed E-state index contributed by atoms with van der Waals surface area (Å²) in [7, 11) is 0. The fraction of sp³-hybridized carbons (Fsp3) is 0.229. The summed E-state index contributed by atoms with van der Waals surface area (Å²) >= 11 is 1.72. The molecule has 0 fully saturated rings. The Morgan fingerprint density at radius 3 is 2.55 bits per heavy atom. The highest BCUT2D eigenvalue weighted by Gasteiger charge is 2.28. The summed E-state index contributed by atoms with van der Waals surface area (Å²) in [6.07, 6.45) is 6.09. The zero-order valence-corrected chi connectivity index (χ0v) is 25.0. The number of amides is 2. The van der Waals surface area contributed by atoms with Gasteiger partial charge in [0.15, 0.2) is 0 Å². The first-order valence-electron chi connectivity index (χ1n) is 14.4. The van der Waals surface area contributed by atoms with Gasteiger partial charge in [0.1, 0.15) is 5.00 Å². The van der Waals surface area contributed by atoms with Crippen LogP contribution in [0.1, 0.15) is 61.7 Å². The molecule has 0 radical (unpaired) electrons. The molecule has 3 aromatic carbocycles. The van der Waals surface area contributed by atoms with E-state index in [0.29, 0.717) is 0 Å². The number of hydrogen-bond acceptors (Lipinski definition) is 4. The molecule has 1 aliphatic rings. The number of nitrogens with zero attached hydrogens (tertiary/aromatic N) is 2. The van der Waals surface area contributed by atoms with Crippen molar-refractivity contribution in [3.63, 3.8) is 0 Å². The van der Waals surface area contributed by atoms with Gasteiger partial charge in [0.25, 0.3) is 5.91 Å². The number of rotatable bonds is 7. The lowest BCUT2D eigenvalue weighted by molar-refractivity contribution is -0.120. The molecular formula is C35H34N4O2S. The lowest BCUT2D eigenvalue weighted by Gasteiger charge is -2.14. The molecule has 2 amide bonds. The summed E-state index contributed by atoms with van der Waals surface area (Å²) in [6.45, 7) is 6.12.